The highest BCUT2D eigenvalue weighted by atomic mass is 19.4. The smallest absolute Gasteiger partial charge is 0.416 e. The summed E-state index contributed by atoms with van der Waals surface area (Å²) in [4.78, 5) is 16.8. The molecule has 0 aliphatic carbocycles. The minimum Gasteiger partial charge on any atom is -0.477 e. The van der Waals surface area contributed by atoms with E-state index in [0.29, 0.717) is 30.0 Å². The van der Waals surface area contributed by atoms with Crippen LogP contribution in [0.1, 0.15) is 42.9 Å². The Labute approximate surface area is 166 Å². The van der Waals surface area contributed by atoms with Crippen LogP contribution in [0, 0.1) is 0 Å². The van der Waals surface area contributed by atoms with Crippen LogP contribution >= 0.6 is 0 Å². The monoisotopic (exact) mass is 406 g/mol. The van der Waals surface area contributed by atoms with Gasteiger partial charge in [0.15, 0.2) is 0 Å². The first kappa shape index (κ1) is 20.7. The van der Waals surface area contributed by atoms with Gasteiger partial charge < -0.3 is 14.8 Å². The Morgan fingerprint density at radius 3 is 2.62 bits per heavy atom. The van der Waals surface area contributed by atoms with Crippen LogP contribution in [0.3, 0.4) is 0 Å². The molecule has 1 aromatic heterocycles. The van der Waals surface area contributed by atoms with Crippen LogP contribution in [-0.2, 0) is 15.7 Å². The number of hydrogen-bond donors (Lipinski definition) is 1. The molecule has 0 spiro atoms. The Balaban J connectivity index is 2.32. The number of esters is 1. The lowest BCUT2D eigenvalue weighted by atomic mass is 9.79. The van der Waals surface area contributed by atoms with Crippen molar-refractivity contribution in [3.8, 4) is 5.88 Å². The maximum absolute atomic E-state index is 13.8. The summed E-state index contributed by atoms with van der Waals surface area (Å²) in [6, 6.07) is 6.86. The fourth-order valence-electron chi connectivity index (χ4n) is 3.48. The van der Waals surface area contributed by atoms with Gasteiger partial charge in [-0.05, 0) is 31.0 Å². The lowest BCUT2D eigenvalue weighted by Gasteiger charge is -2.32. The fraction of sp³-hybridized carbons (Fsp3) is 0.333. The summed E-state index contributed by atoms with van der Waals surface area (Å²) in [5, 5.41) is 3.08. The minimum atomic E-state index is -4.59. The number of benzene rings is 1. The maximum Gasteiger partial charge on any atom is 0.416 e. The average molecular weight is 406 g/mol. The molecular formula is C21H21F3N2O3. The Hall–Kier alpha value is -3.03. The molecule has 1 N–H and O–H groups in total. The molecule has 154 valence electrons. The van der Waals surface area contributed by atoms with E-state index in [0.717, 1.165) is 6.07 Å². The average Bonchev–Trinajstić information content (AvgIpc) is 2.69. The van der Waals surface area contributed by atoms with E-state index in [-0.39, 0.29) is 17.0 Å². The second kappa shape index (κ2) is 8.14. The lowest BCUT2D eigenvalue weighted by Crippen LogP contribution is -2.26. The number of methoxy groups -OCH3 is 1. The Bertz CT molecular complexity index is 954. The summed E-state index contributed by atoms with van der Waals surface area (Å²) in [5.41, 5.74) is 0.543. The normalized spacial score (nSPS) is 16.1. The van der Waals surface area contributed by atoms with Crippen molar-refractivity contribution in [1.29, 1.82) is 0 Å². The van der Waals surface area contributed by atoms with E-state index in [9.17, 15) is 18.0 Å². The molecule has 1 atom stereocenters. The number of halogens is 3. The van der Waals surface area contributed by atoms with Crippen LogP contribution in [-0.4, -0.2) is 24.7 Å². The van der Waals surface area contributed by atoms with Crippen LogP contribution in [0.25, 0.3) is 0 Å². The number of hydrogen-bond acceptors (Lipinski definition) is 5. The molecule has 0 bridgehead atoms. The third-order valence-electron chi connectivity index (χ3n) is 4.68. The number of carbonyl (C=O) groups is 1. The molecule has 0 saturated heterocycles. The van der Waals surface area contributed by atoms with Gasteiger partial charge in [-0.2, -0.15) is 13.2 Å². The summed E-state index contributed by atoms with van der Waals surface area (Å²) in [5.74, 6) is -1.57. The Morgan fingerprint density at radius 1 is 1.24 bits per heavy atom. The first-order valence-electron chi connectivity index (χ1n) is 9.13. The van der Waals surface area contributed by atoms with Gasteiger partial charge in [-0.1, -0.05) is 25.1 Å². The number of fused-ring (bicyclic) bond motifs is 1. The second-order valence-electron chi connectivity index (χ2n) is 6.60. The second-order valence-corrected chi connectivity index (χ2v) is 6.60. The summed E-state index contributed by atoms with van der Waals surface area (Å²) >= 11 is 0. The van der Waals surface area contributed by atoms with Crippen LogP contribution in [0.4, 0.5) is 18.9 Å². The van der Waals surface area contributed by atoms with Crippen LogP contribution in [0.15, 0.2) is 47.8 Å². The van der Waals surface area contributed by atoms with E-state index in [1.165, 1.54) is 31.5 Å². The van der Waals surface area contributed by atoms with E-state index >= 15 is 0 Å². The van der Waals surface area contributed by atoms with Crippen LogP contribution in [0.2, 0.25) is 0 Å². The zero-order valence-corrected chi connectivity index (χ0v) is 16.3. The number of alkyl halides is 3. The molecular weight excluding hydrogens is 385 g/mol. The number of ether oxygens (including phenoxy) is 2. The molecule has 0 radical (unpaired) electrons. The third kappa shape index (κ3) is 3.92. The standard InChI is InChI=1S/C21H21F3N2O3/c1-4-11-29-19-18-15(9-10-25-19)26-12(2)16(20(27)28-3)17(18)13-7-5-6-8-14(13)21(22,23)24/h5-10,17,26H,4,11H2,1-3H3. The van der Waals surface area contributed by atoms with E-state index in [2.05, 4.69) is 10.3 Å². The number of nitrogens with zero attached hydrogens (tertiary/aromatic N) is 1. The van der Waals surface area contributed by atoms with Gasteiger partial charge >= 0.3 is 12.1 Å². The lowest BCUT2D eigenvalue weighted by molar-refractivity contribution is -0.139. The van der Waals surface area contributed by atoms with Crippen molar-refractivity contribution in [3.05, 3.63) is 64.5 Å². The van der Waals surface area contributed by atoms with Gasteiger partial charge in [-0.15, -0.1) is 0 Å². The Kier molecular flexibility index (Phi) is 5.81. The highest BCUT2D eigenvalue weighted by Gasteiger charge is 2.41. The summed E-state index contributed by atoms with van der Waals surface area (Å²) in [7, 11) is 1.20. The molecule has 5 nitrogen and oxygen atoms in total. The predicted octanol–water partition coefficient (Wildman–Crippen LogP) is 4.89. The van der Waals surface area contributed by atoms with Gasteiger partial charge in [0, 0.05) is 23.1 Å². The van der Waals surface area contributed by atoms with Gasteiger partial charge in [-0.25, -0.2) is 9.78 Å². The topological polar surface area (TPSA) is 60.5 Å². The van der Waals surface area contributed by atoms with Crippen molar-refractivity contribution >= 4 is 11.7 Å². The molecule has 0 fully saturated rings. The van der Waals surface area contributed by atoms with Gasteiger partial charge in [0.2, 0.25) is 5.88 Å². The van der Waals surface area contributed by atoms with Crippen LogP contribution < -0.4 is 10.1 Å². The van der Waals surface area contributed by atoms with E-state index in [1.807, 2.05) is 6.92 Å². The number of rotatable bonds is 5. The highest BCUT2D eigenvalue weighted by molar-refractivity contribution is 5.95. The number of aromatic nitrogens is 1. The van der Waals surface area contributed by atoms with E-state index < -0.39 is 23.6 Å². The van der Waals surface area contributed by atoms with Crippen molar-refractivity contribution in [2.45, 2.75) is 32.4 Å². The molecule has 1 aliphatic rings. The van der Waals surface area contributed by atoms with Gasteiger partial charge in [-0.3, -0.25) is 0 Å². The highest BCUT2D eigenvalue weighted by Crippen LogP contribution is 2.48. The molecule has 3 rings (SSSR count). The van der Waals surface area contributed by atoms with Crippen molar-refractivity contribution < 1.29 is 27.4 Å². The SMILES string of the molecule is CCCOc1nccc2c1C(c1ccccc1C(F)(F)F)C(C(=O)OC)=C(C)N2. The molecule has 1 aliphatic heterocycles. The third-order valence-corrected chi connectivity index (χ3v) is 4.68. The molecule has 2 aromatic rings. The number of nitrogens with one attached hydrogen (secondary N) is 1. The van der Waals surface area contributed by atoms with Crippen LogP contribution in [0.5, 0.6) is 5.88 Å². The molecule has 8 heteroatoms. The number of allylic oxidation sites excluding steroid dienone is 1. The maximum atomic E-state index is 13.8. The molecule has 1 aromatic carbocycles. The molecule has 0 saturated carbocycles. The van der Waals surface area contributed by atoms with Gasteiger partial charge in [0.25, 0.3) is 0 Å². The zero-order valence-electron chi connectivity index (χ0n) is 16.3. The number of anilines is 1. The van der Waals surface area contributed by atoms with Gasteiger partial charge in [0.05, 0.1) is 30.8 Å². The Morgan fingerprint density at radius 2 is 1.97 bits per heavy atom. The van der Waals surface area contributed by atoms with Crippen molar-refractivity contribution in [2.75, 3.05) is 19.0 Å². The van der Waals surface area contributed by atoms with Gasteiger partial charge in [0.1, 0.15) is 0 Å². The van der Waals surface area contributed by atoms with Crippen molar-refractivity contribution in [3.63, 3.8) is 0 Å². The van der Waals surface area contributed by atoms with Crippen molar-refractivity contribution in [2.24, 2.45) is 0 Å². The quantitative estimate of drug-likeness (QED) is 0.716. The zero-order chi connectivity index (χ0) is 21.2. The van der Waals surface area contributed by atoms with E-state index in [1.54, 1.807) is 13.0 Å². The number of pyridine rings is 1. The van der Waals surface area contributed by atoms with Crippen molar-refractivity contribution in [1.82, 2.24) is 4.98 Å². The molecule has 29 heavy (non-hydrogen) atoms. The molecule has 1 unspecified atom stereocenters. The van der Waals surface area contributed by atoms with E-state index in [4.69, 9.17) is 9.47 Å². The largest absolute Gasteiger partial charge is 0.477 e. The summed E-state index contributed by atoms with van der Waals surface area (Å²) < 4.78 is 52.0. The first-order chi connectivity index (χ1) is 13.8. The summed E-state index contributed by atoms with van der Waals surface area (Å²) in [6.45, 7) is 3.88. The molecule has 0 amide bonds. The minimum absolute atomic E-state index is 0.0585. The summed E-state index contributed by atoms with van der Waals surface area (Å²) in [6.07, 6.45) is -2.38. The molecule has 2 heterocycles. The first-order valence-corrected chi connectivity index (χ1v) is 9.13. The fourth-order valence-corrected chi connectivity index (χ4v) is 3.48. The predicted molar refractivity (Wildman–Crippen MR) is 102 cm³/mol. The number of carbonyl (C=O) groups excluding carboxylic acids is 1.